The molecule has 6 heteroatoms. The van der Waals surface area contributed by atoms with Crippen molar-refractivity contribution in [1.29, 1.82) is 0 Å². The number of rotatable bonds is 4. The highest BCUT2D eigenvalue weighted by Crippen LogP contribution is 2.18. The molecule has 1 aliphatic heterocycles. The summed E-state index contributed by atoms with van der Waals surface area (Å²) in [6.45, 7) is 0.937. The largest absolute Gasteiger partial charge is 0.465 e. The molecule has 0 saturated carbocycles. The summed E-state index contributed by atoms with van der Waals surface area (Å²) in [7, 11) is 2.67. The Bertz CT molecular complexity index is 905. The Balaban J connectivity index is 1.79. The van der Waals surface area contributed by atoms with Crippen LogP contribution in [0.2, 0.25) is 0 Å². The molecule has 2 aromatic carbocycles. The molecule has 29 heavy (non-hydrogen) atoms. The number of carbonyl (C=O) groups is 3. The van der Waals surface area contributed by atoms with E-state index < -0.39 is 11.9 Å². The summed E-state index contributed by atoms with van der Waals surface area (Å²) in [5.74, 6) is -0.830. The zero-order valence-electron chi connectivity index (χ0n) is 16.2. The van der Waals surface area contributed by atoms with Crippen LogP contribution in [0, 0.1) is 0 Å². The van der Waals surface area contributed by atoms with Crippen LogP contribution in [-0.2, 0) is 14.3 Å². The number of hydrogen-bond donors (Lipinski definition) is 1. The first kappa shape index (κ1) is 20.2. The van der Waals surface area contributed by atoms with E-state index in [1.54, 1.807) is 48.5 Å². The quantitative estimate of drug-likeness (QED) is 0.638. The van der Waals surface area contributed by atoms with Crippen molar-refractivity contribution in [2.45, 2.75) is 0 Å². The van der Waals surface area contributed by atoms with E-state index in [-0.39, 0.29) is 5.78 Å². The van der Waals surface area contributed by atoms with E-state index in [9.17, 15) is 14.4 Å². The van der Waals surface area contributed by atoms with Gasteiger partial charge in [0, 0.05) is 24.2 Å². The fourth-order valence-electron chi connectivity index (χ4n) is 3.00. The lowest BCUT2D eigenvalue weighted by atomic mass is 9.95. The van der Waals surface area contributed by atoms with Crippen molar-refractivity contribution in [2.75, 3.05) is 27.3 Å². The number of ketones is 1. The molecule has 1 fully saturated rings. The van der Waals surface area contributed by atoms with Gasteiger partial charge in [0.15, 0.2) is 5.78 Å². The molecule has 0 aliphatic carbocycles. The monoisotopic (exact) mass is 391 g/mol. The highest BCUT2D eigenvalue weighted by atomic mass is 16.5. The maximum Gasteiger partial charge on any atom is 0.337 e. The van der Waals surface area contributed by atoms with Gasteiger partial charge in [0.05, 0.1) is 25.3 Å². The van der Waals surface area contributed by atoms with Crippen LogP contribution in [0.5, 0.6) is 0 Å². The highest BCUT2D eigenvalue weighted by molar-refractivity contribution is 6.14. The fraction of sp³-hybridized carbons (Fsp3) is 0.174. The Morgan fingerprint density at radius 3 is 1.48 bits per heavy atom. The molecule has 1 N–H and O–H groups in total. The van der Waals surface area contributed by atoms with Crippen molar-refractivity contribution in [3.05, 3.63) is 81.9 Å². The first-order valence-electron chi connectivity index (χ1n) is 9.05. The molecule has 0 atom stereocenters. The molecule has 0 unspecified atom stereocenters. The van der Waals surface area contributed by atoms with Gasteiger partial charge < -0.3 is 14.8 Å². The molecule has 1 saturated heterocycles. The minimum absolute atomic E-state index is 0.0298. The normalized spacial score (nSPS) is 16.7. The average molecular weight is 391 g/mol. The smallest absolute Gasteiger partial charge is 0.337 e. The number of esters is 2. The van der Waals surface area contributed by atoms with Gasteiger partial charge in [0.1, 0.15) is 0 Å². The Hall–Kier alpha value is -3.51. The van der Waals surface area contributed by atoms with Gasteiger partial charge >= 0.3 is 11.9 Å². The van der Waals surface area contributed by atoms with Gasteiger partial charge in [-0.25, -0.2) is 9.59 Å². The third-order valence-corrected chi connectivity index (χ3v) is 4.56. The minimum atomic E-state index is -0.400. The van der Waals surface area contributed by atoms with E-state index in [1.807, 2.05) is 12.2 Å². The molecule has 6 nitrogen and oxygen atoms in total. The van der Waals surface area contributed by atoms with Gasteiger partial charge in [0.25, 0.3) is 0 Å². The van der Waals surface area contributed by atoms with Crippen molar-refractivity contribution in [3.8, 4) is 0 Å². The van der Waals surface area contributed by atoms with Crippen LogP contribution >= 0.6 is 0 Å². The predicted molar refractivity (Wildman–Crippen MR) is 109 cm³/mol. The van der Waals surface area contributed by atoms with Crippen LogP contribution in [0.4, 0.5) is 0 Å². The molecular formula is C23H21NO5. The van der Waals surface area contributed by atoms with E-state index >= 15 is 0 Å². The van der Waals surface area contributed by atoms with E-state index in [4.69, 9.17) is 0 Å². The Labute approximate surface area is 168 Å². The van der Waals surface area contributed by atoms with Gasteiger partial charge in [0.2, 0.25) is 0 Å². The molecule has 0 spiro atoms. The molecule has 1 heterocycles. The van der Waals surface area contributed by atoms with Crippen molar-refractivity contribution in [1.82, 2.24) is 5.32 Å². The standard InChI is InChI=1S/C23H21NO5/c1-28-22(26)17-7-3-15(4-8-17)11-19-13-24-14-20(21(19)25)12-16-5-9-18(10-6-16)23(27)29-2/h3-12,24H,13-14H2,1-2H3/b19-11+,20-12+. The number of Topliss-reactive ketones (excluding diaryl/α,β-unsaturated/α-hetero) is 1. The SMILES string of the molecule is COC(=O)c1ccc(/C=C2\CNC/C(=C\c3ccc(C(=O)OC)cc3)C2=O)cc1. The predicted octanol–water partition coefficient (Wildman–Crippen LogP) is 2.90. The van der Waals surface area contributed by atoms with Gasteiger partial charge in [-0.1, -0.05) is 24.3 Å². The Morgan fingerprint density at radius 2 is 1.14 bits per heavy atom. The molecule has 1 aliphatic rings. The molecule has 148 valence electrons. The van der Waals surface area contributed by atoms with Crippen LogP contribution in [0.25, 0.3) is 12.2 Å². The van der Waals surface area contributed by atoms with Gasteiger partial charge in [-0.3, -0.25) is 4.79 Å². The van der Waals surface area contributed by atoms with Crippen LogP contribution in [0.15, 0.2) is 59.7 Å². The van der Waals surface area contributed by atoms with E-state index in [1.165, 1.54) is 14.2 Å². The molecule has 0 radical (unpaired) electrons. The number of nitrogens with one attached hydrogen (secondary N) is 1. The minimum Gasteiger partial charge on any atom is -0.465 e. The lowest BCUT2D eigenvalue weighted by Crippen LogP contribution is -2.32. The summed E-state index contributed by atoms with van der Waals surface area (Å²) in [5, 5.41) is 3.23. The molecular weight excluding hydrogens is 370 g/mol. The second kappa shape index (κ2) is 9.12. The van der Waals surface area contributed by atoms with E-state index in [0.717, 1.165) is 11.1 Å². The second-order valence-corrected chi connectivity index (χ2v) is 6.50. The number of piperidine rings is 1. The first-order valence-corrected chi connectivity index (χ1v) is 9.05. The number of ether oxygens (including phenoxy) is 2. The molecule has 0 aromatic heterocycles. The highest BCUT2D eigenvalue weighted by Gasteiger charge is 2.20. The lowest BCUT2D eigenvalue weighted by molar-refractivity contribution is -0.112. The number of carbonyl (C=O) groups excluding carboxylic acids is 3. The van der Waals surface area contributed by atoms with Crippen molar-refractivity contribution < 1.29 is 23.9 Å². The number of hydrogen-bond acceptors (Lipinski definition) is 6. The fourth-order valence-corrected chi connectivity index (χ4v) is 3.00. The Morgan fingerprint density at radius 1 is 0.759 bits per heavy atom. The summed E-state index contributed by atoms with van der Waals surface area (Å²) in [6.07, 6.45) is 3.62. The first-order chi connectivity index (χ1) is 14.0. The third kappa shape index (κ3) is 4.86. The van der Waals surface area contributed by atoms with Gasteiger partial charge in [-0.05, 0) is 47.5 Å². The lowest BCUT2D eigenvalue weighted by Gasteiger charge is -2.18. The molecule has 0 bridgehead atoms. The average Bonchev–Trinajstić information content (AvgIpc) is 2.76. The molecule has 3 rings (SSSR count). The third-order valence-electron chi connectivity index (χ3n) is 4.56. The zero-order chi connectivity index (χ0) is 20.8. The maximum atomic E-state index is 12.9. The van der Waals surface area contributed by atoms with Gasteiger partial charge in [-0.2, -0.15) is 0 Å². The van der Waals surface area contributed by atoms with E-state index in [2.05, 4.69) is 14.8 Å². The summed E-state index contributed by atoms with van der Waals surface area (Å²) in [5.41, 5.74) is 3.84. The van der Waals surface area contributed by atoms with E-state index in [0.29, 0.717) is 35.4 Å². The van der Waals surface area contributed by atoms with Crippen LogP contribution in [0.3, 0.4) is 0 Å². The van der Waals surface area contributed by atoms with Crippen LogP contribution < -0.4 is 5.32 Å². The summed E-state index contributed by atoms with van der Waals surface area (Å²) in [6, 6.07) is 13.8. The molecule has 2 aromatic rings. The van der Waals surface area contributed by atoms with Crippen molar-refractivity contribution in [2.24, 2.45) is 0 Å². The number of benzene rings is 2. The summed E-state index contributed by atoms with van der Waals surface area (Å²) >= 11 is 0. The maximum absolute atomic E-state index is 12.9. The van der Waals surface area contributed by atoms with Crippen LogP contribution in [0.1, 0.15) is 31.8 Å². The van der Waals surface area contributed by atoms with Gasteiger partial charge in [-0.15, -0.1) is 0 Å². The zero-order valence-corrected chi connectivity index (χ0v) is 16.2. The topological polar surface area (TPSA) is 81.7 Å². The molecule has 0 amide bonds. The Kier molecular flexibility index (Phi) is 6.36. The summed E-state index contributed by atoms with van der Waals surface area (Å²) < 4.78 is 9.38. The number of methoxy groups -OCH3 is 2. The summed E-state index contributed by atoms with van der Waals surface area (Å²) in [4.78, 5) is 35.9. The van der Waals surface area contributed by atoms with Crippen molar-refractivity contribution in [3.63, 3.8) is 0 Å². The second-order valence-electron chi connectivity index (χ2n) is 6.50. The van der Waals surface area contributed by atoms with Crippen molar-refractivity contribution >= 4 is 29.9 Å². The van der Waals surface area contributed by atoms with Crippen LogP contribution in [-0.4, -0.2) is 45.0 Å².